The van der Waals surface area contributed by atoms with E-state index in [2.05, 4.69) is 10.3 Å². The first kappa shape index (κ1) is 22.1. The van der Waals surface area contributed by atoms with Gasteiger partial charge in [-0.15, -0.1) is 11.3 Å². The maximum Gasteiger partial charge on any atom is 0.255 e. The number of nitrogens with zero attached hydrogens (tertiary/aromatic N) is 2. The third-order valence-electron chi connectivity index (χ3n) is 5.63. The first-order chi connectivity index (χ1) is 15.9. The lowest BCUT2D eigenvalue weighted by Gasteiger charge is -2.28. The molecule has 1 aromatic heterocycles. The molecule has 0 radical (unpaired) electrons. The highest BCUT2D eigenvalue weighted by atomic mass is 32.2. The molecule has 0 fully saturated rings. The summed E-state index contributed by atoms with van der Waals surface area (Å²) in [5.74, 6) is -0.356. The minimum atomic E-state index is -3.72. The fraction of sp³-hybridized carbons (Fsp3) is 0.167. The minimum absolute atomic E-state index is 0.122. The predicted octanol–water partition coefficient (Wildman–Crippen LogP) is 5.02. The number of sulfonamides is 1. The molecule has 4 aromatic rings. The van der Waals surface area contributed by atoms with Crippen LogP contribution in [0.15, 0.2) is 76.0 Å². The molecule has 0 aliphatic carbocycles. The number of amides is 1. The van der Waals surface area contributed by atoms with Crippen molar-refractivity contribution in [1.29, 1.82) is 0 Å². The van der Waals surface area contributed by atoms with Crippen LogP contribution in [0.5, 0.6) is 0 Å². The van der Waals surface area contributed by atoms with Crippen LogP contribution in [0.25, 0.3) is 10.2 Å². The van der Waals surface area contributed by atoms with Crippen molar-refractivity contribution < 1.29 is 13.2 Å². The Morgan fingerprint density at radius 1 is 1.06 bits per heavy atom. The number of carbonyl (C=O) groups is 1. The molecule has 5 rings (SSSR count). The molecule has 1 aliphatic rings. The molecule has 33 heavy (non-hydrogen) atoms. The zero-order valence-corrected chi connectivity index (χ0v) is 20.3. The van der Waals surface area contributed by atoms with Gasteiger partial charge >= 0.3 is 0 Å². The Labute approximate surface area is 200 Å². The molecule has 2 heterocycles. The Bertz CT molecular complexity index is 1460. The van der Waals surface area contributed by atoms with Crippen LogP contribution in [-0.2, 0) is 23.0 Å². The highest BCUT2D eigenvalue weighted by molar-refractivity contribution is 8.00. The number of rotatable bonds is 5. The standard InChI is InChI=1S/C24H21N3O3S3/c1-31-24-26-21-10-9-19(14-22(21)32-24)25-23(28)17-7-4-8-20(13-17)33(29,30)27-12-11-16-5-2-3-6-18(16)15-27/h2-10,13-14H,11-12,15H2,1H3,(H,25,28). The van der Waals surface area contributed by atoms with Crippen molar-refractivity contribution in [2.24, 2.45) is 0 Å². The van der Waals surface area contributed by atoms with Gasteiger partial charge in [0.15, 0.2) is 4.34 Å². The van der Waals surface area contributed by atoms with Crippen molar-refractivity contribution in [3.63, 3.8) is 0 Å². The molecule has 1 N–H and O–H groups in total. The van der Waals surface area contributed by atoms with Gasteiger partial charge in [-0.3, -0.25) is 4.79 Å². The Kier molecular flexibility index (Phi) is 5.96. The quantitative estimate of drug-likeness (QED) is 0.394. The Morgan fingerprint density at radius 2 is 1.88 bits per heavy atom. The molecule has 168 valence electrons. The van der Waals surface area contributed by atoms with E-state index in [1.54, 1.807) is 47.4 Å². The Hall–Kier alpha value is -2.72. The number of benzene rings is 3. The summed E-state index contributed by atoms with van der Waals surface area (Å²) in [5, 5.41) is 2.87. The third-order valence-corrected chi connectivity index (χ3v) is 9.48. The summed E-state index contributed by atoms with van der Waals surface area (Å²) in [6.07, 6.45) is 2.65. The minimum Gasteiger partial charge on any atom is -0.322 e. The van der Waals surface area contributed by atoms with Crippen molar-refractivity contribution in [3.05, 3.63) is 83.4 Å². The summed E-state index contributed by atoms with van der Waals surface area (Å²) in [6.45, 7) is 0.754. The SMILES string of the molecule is CSc1nc2ccc(NC(=O)c3cccc(S(=O)(=O)N4CCc5ccccc5C4)c3)cc2s1. The molecule has 0 spiro atoms. The summed E-state index contributed by atoms with van der Waals surface area (Å²) in [6, 6.07) is 19.7. The number of hydrogen-bond acceptors (Lipinski definition) is 6. The summed E-state index contributed by atoms with van der Waals surface area (Å²) < 4.78 is 30.0. The van der Waals surface area contributed by atoms with Crippen LogP contribution in [0, 0.1) is 0 Å². The van der Waals surface area contributed by atoms with Crippen molar-refractivity contribution >= 4 is 54.9 Å². The van der Waals surface area contributed by atoms with E-state index in [0.29, 0.717) is 30.8 Å². The van der Waals surface area contributed by atoms with Crippen molar-refractivity contribution in [2.75, 3.05) is 18.1 Å². The van der Waals surface area contributed by atoms with E-state index in [1.807, 2.05) is 42.7 Å². The second-order valence-electron chi connectivity index (χ2n) is 7.71. The smallest absolute Gasteiger partial charge is 0.255 e. The number of aromatic nitrogens is 1. The maximum atomic E-state index is 13.3. The van der Waals surface area contributed by atoms with Crippen LogP contribution in [0.1, 0.15) is 21.5 Å². The van der Waals surface area contributed by atoms with Crippen molar-refractivity contribution in [3.8, 4) is 0 Å². The molecule has 0 bridgehead atoms. The zero-order chi connectivity index (χ0) is 23.0. The van der Waals surface area contributed by atoms with Crippen LogP contribution < -0.4 is 5.32 Å². The van der Waals surface area contributed by atoms with Gasteiger partial charge in [-0.1, -0.05) is 42.1 Å². The number of nitrogens with one attached hydrogen (secondary N) is 1. The van der Waals surface area contributed by atoms with Gasteiger partial charge in [0.2, 0.25) is 10.0 Å². The van der Waals surface area contributed by atoms with Gasteiger partial charge in [-0.25, -0.2) is 13.4 Å². The molecule has 1 aliphatic heterocycles. The number of thiazole rings is 1. The topological polar surface area (TPSA) is 79.4 Å². The first-order valence-corrected chi connectivity index (χ1v) is 13.8. The second-order valence-corrected chi connectivity index (χ2v) is 11.7. The molecular weight excluding hydrogens is 474 g/mol. The van der Waals surface area contributed by atoms with Gasteiger partial charge in [0.1, 0.15) is 0 Å². The average Bonchev–Trinajstić information content (AvgIpc) is 3.26. The third kappa shape index (κ3) is 4.41. The van der Waals surface area contributed by atoms with Gasteiger partial charge < -0.3 is 5.32 Å². The lowest BCUT2D eigenvalue weighted by molar-refractivity contribution is 0.102. The van der Waals surface area contributed by atoms with Crippen LogP contribution in [0.4, 0.5) is 5.69 Å². The summed E-state index contributed by atoms with van der Waals surface area (Å²) in [5.41, 5.74) is 4.02. The number of thioether (sulfide) groups is 1. The normalized spacial score (nSPS) is 14.2. The average molecular weight is 496 g/mol. The summed E-state index contributed by atoms with van der Waals surface area (Å²) >= 11 is 3.15. The molecule has 0 saturated heterocycles. The fourth-order valence-corrected chi connectivity index (χ4v) is 6.89. The zero-order valence-electron chi connectivity index (χ0n) is 17.8. The van der Waals surface area contributed by atoms with E-state index < -0.39 is 10.0 Å². The van der Waals surface area contributed by atoms with Gasteiger partial charge in [0.05, 0.1) is 15.1 Å². The number of anilines is 1. The largest absolute Gasteiger partial charge is 0.322 e. The second kappa shape index (κ2) is 8.90. The van der Waals surface area contributed by atoms with Crippen LogP contribution in [0.3, 0.4) is 0 Å². The molecule has 3 aromatic carbocycles. The maximum absolute atomic E-state index is 13.3. The lowest BCUT2D eigenvalue weighted by atomic mass is 10.0. The van der Waals surface area contributed by atoms with Gasteiger partial charge in [0, 0.05) is 24.3 Å². The molecule has 0 saturated carbocycles. The van der Waals surface area contributed by atoms with E-state index in [-0.39, 0.29) is 10.8 Å². The predicted molar refractivity (Wildman–Crippen MR) is 134 cm³/mol. The Balaban J connectivity index is 1.37. The molecule has 0 unspecified atom stereocenters. The van der Waals surface area contributed by atoms with Gasteiger partial charge in [-0.05, 0) is 60.2 Å². The number of carbonyl (C=O) groups excluding carboxylic acids is 1. The van der Waals surface area contributed by atoms with Crippen molar-refractivity contribution in [2.45, 2.75) is 22.2 Å². The van der Waals surface area contributed by atoms with Crippen LogP contribution in [-0.4, -0.2) is 36.4 Å². The van der Waals surface area contributed by atoms with Gasteiger partial charge in [-0.2, -0.15) is 4.31 Å². The highest BCUT2D eigenvalue weighted by Crippen LogP contribution is 2.30. The molecule has 1 amide bonds. The number of fused-ring (bicyclic) bond motifs is 2. The molecule has 9 heteroatoms. The molecular formula is C24H21N3O3S3. The first-order valence-electron chi connectivity index (χ1n) is 10.4. The van der Waals surface area contributed by atoms with E-state index in [0.717, 1.165) is 20.1 Å². The van der Waals surface area contributed by atoms with Crippen molar-refractivity contribution in [1.82, 2.24) is 9.29 Å². The van der Waals surface area contributed by atoms with E-state index in [1.165, 1.54) is 15.9 Å². The monoisotopic (exact) mass is 495 g/mol. The summed E-state index contributed by atoms with van der Waals surface area (Å²) in [4.78, 5) is 17.5. The van der Waals surface area contributed by atoms with E-state index in [4.69, 9.17) is 0 Å². The summed E-state index contributed by atoms with van der Waals surface area (Å²) in [7, 11) is -3.72. The van der Waals surface area contributed by atoms with Crippen LogP contribution >= 0.6 is 23.1 Å². The van der Waals surface area contributed by atoms with Crippen LogP contribution in [0.2, 0.25) is 0 Å². The number of hydrogen-bond donors (Lipinski definition) is 1. The van der Waals surface area contributed by atoms with E-state index >= 15 is 0 Å². The highest BCUT2D eigenvalue weighted by Gasteiger charge is 2.28. The van der Waals surface area contributed by atoms with E-state index in [9.17, 15) is 13.2 Å². The molecule has 6 nitrogen and oxygen atoms in total. The molecule has 0 atom stereocenters. The fourth-order valence-electron chi connectivity index (χ4n) is 3.89. The lowest BCUT2D eigenvalue weighted by Crippen LogP contribution is -2.36. The van der Waals surface area contributed by atoms with Gasteiger partial charge in [0.25, 0.3) is 5.91 Å². The Morgan fingerprint density at radius 3 is 2.70 bits per heavy atom.